The maximum Gasteiger partial charge on any atom is 0.306 e. The molecule has 0 aliphatic carbocycles. The number of carbonyl (C=O) groups excluding carboxylic acids is 3. The molecule has 0 N–H and O–H groups in total. The molecule has 74 heavy (non-hydrogen) atoms. The van der Waals surface area contributed by atoms with Crippen molar-refractivity contribution in [1.29, 1.82) is 0 Å². The number of allylic oxidation sites excluding steroid dienone is 26. The zero-order valence-electron chi connectivity index (χ0n) is 47.3. The summed E-state index contributed by atoms with van der Waals surface area (Å²) < 4.78 is 16.8. The van der Waals surface area contributed by atoms with Gasteiger partial charge < -0.3 is 14.2 Å². The van der Waals surface area contributed by atoms with Gasteiger partial charge in [-0.1, -0.05) is 224 Å². The van der Waals surface area contributed by atoms with Crippen molar-refractivity contribution in [2.45, 2.75) is 239 Å². The molecule has 1 atom stereocenters. The van der Waals surface area contributed by atoms with Crippen molar-refractivity contribution in [3.05, 3.63) is 158 Å². The average Bonchev–Trinajstić information content (AvgIpc) is 3.40. The summed E-state index contributed by atoms with van der Waals surface area (Å²) in [7, 11) is 0. The van der Waals surface area contributed by atoms with E-state index in [4.69, 9.17) is 14.2 Å². The van der Waals surface area contributed by atoms with Gasteiger partial charge in [0.2, 0.25) is 0 Å². The Hall–Kier alpha value is -4.97. The summed E-state index contributed by atoms with van der Waals surface area (Å²) in [6.45, 7) is 6.31. The second-order valence-corrected chi connectivity index (χ2v) is 18.8. The third-order valence-electron chi connectivity index (χ3n) is 11.7. The number of carbonyl (C=O) groups is 3. The van der Waals surface area contributed by atoms with Crippen LogP contribution in [0, 0.1) is 0 Å². The summed E-state index contributed by atoms with van der Waals surface area (Å²) in [5.74, 6) is -0.997. The quantitative estimate of drug-likeness (QED) is 0.0261. The second kappa shape index (κ2) is 60.6. The molecule has 0 bridgehead atoms. The van der Waals surface area contributed by atoms with Gasteiger partial charge in [-0.05, 0) is 148 Å². The number of hydrogen-bond acceptors (Lipinski definition) is 6. The monoisotopic (exact) mass is 1020 g/mol. The van der Waals surface area contributed by atoms with Gasteiger partial charge in [0.15, 0.2) is 6.10 Å². The highest BCUT2D eigenvalue weighted by atomic mass is 16.6. The van der Waals surface area contributed by atoms with E-state index in [1.807, 2.05) is 0 Å². The normalized spacial score (nSPS) is 13.3. The molecule has 0 spiro atoms. The van der Waals surface area contributed by atoms with Gasteiger partial charge >= 0.3 is 17.9 Å². The highest BCUT2D eigenvalue weighted by molar-refractivity contribution is 5.71. The molecule has 0 saturated carbocycles. The first-order chi connectivity index (χ1) is 36.5. The lowest BCUT2D eigenvalue weighted by molar-refractivity contribution is -0.167. The van der Waals surface area contributed by atoms with Gasteiger partial charge in [0, 0.05) is 19.3 Å². The molecule has 0 aliphatic heterocycles. The van der Waals surface area contributed by atoms with E-state index in [2.05, 4.69) is 179 Å². The number of hydrogen-bond donors (Lipinski definition) is 0. The molecular formula is C68H106O6. The summed E-state index contributed by atoms with van der Waals surface area (Å²) in [5, 5.41) is 0. The van der Waals surface area contributed by atoms with Crippen molar-refractivity contribution < 1.29 is 28.6 Å². The van der Waals surface area contributed by atoms with Crippen LogP contribution in [-0.4, -0.2) is 37.2 Å². The lowest BCUT2D eigenvalue weighted by Gasteiger charge is -2.18. The third-order valence-corrected chi connectivity index (χ3v) is 11.7. The van der Waals surface area contributed by atoms with Crippen molar-refractivity contribution in [3.63, 3.8) is 0 Å². The van der Waals surface area contributed by atoms with E-state index >= 15 is 0 Å². The fourth-order valence-corrected chi connectivity index (χ4v) is 7.38. The predicted octanol–water partition coefficient (Wildman–Crippen LogP) is 20.1. The molecule has 0 rings (SSSR count). The summed E-state index contributed by atoms with van der Waals surface area (Å²) in [6, 6.07) is 0. The number of ether oxygens (including phenoxy) is 3. The van der Waals surface area contributed by atoms with Gasteiger partial charge in [0.05, 0.1) is 0 Å². The van der Waals surface area contributed by atoms with Gasteiger partial charge in [-0.25, -0.2) is 0 Å². The minimum Gasteiger partial charge on any atom is -0.462 e. The largest absolute Gasteiger partial charge is 0.462 e. The lowest BCUT2D eigenvalue weighted by atomic mass is 10.1. The predicted molar refractivity (Wildman–Crippen MR) is 320 cm³/mol. The van der Waals surface area contributed by atoms with E-state index in [0.717, 1.165) is 154 Å². The fourth-order valence-electron chi connectivity index (χ4n) is 7.38. The summed E-state index contributed by atoms with van der Waals surface area (Å²) >= 11 is 0. The van der Waals surface area contributed by atoms with Crippen molar-refractivity contribution in [3.8, 4) is 0 Å². The zero-order chi connectivity index (χ0) is 53.6. The first-order valence-electron chi connectivity index (χ1n) is 29.5. The van der Waals surface area contributed by atoms with Gasteiger partial charge in [-0.15, -0.1) is 0 Å². The van der Waals surface area contributed by atoms with Crippen LogP contribution in [0.3, 0.4) is 0 Å². The van der Waals surface area contributed by atoms with Crippen molar-refractivity contribution >= 4 is 17.9 Å². The Labute approximate surface area is 454 Å². The zero-order valence-corrected chi connectivity index (χ0v) is 47.3. The summed E-state index contributed by atoms with van der Waals surface area (Å²) in [6.07, 6.45) is 88.1. The molecule has 0 heterocycles. The number of esters is 3. The van der Waals surface area contributed by atoms with E-state index in [1.54, 1.807) is 0 Å². The average molecular weight is 1020 g/mol. The molecule has 0 amide bonds. The molecule has 6 heteroatoms. The van der Waals surface area contributed by atoms with Gasteiger partial charge in [0.1, 0.15) is 13.2 Å². The minimum atomic E-state index is -0.821. The Morgan fingerprint density at radius 3 is 0.851 bits per heavy atom. The Kier molecular flexibility index (Phi) is 56.5. The fraction of sp³-hybridized carbons (Fsp3) is 0.574. The van der Waals surface area contributed by atoms with E-state index < -0.39 is 6.10 Å². The molecule has 0 aliphatic rings. The second-order valence-electron chi connectivity index (χ2n) is 18.8. The van der Waals surface area contributed by atoms with E-state index in [1.165, 1.54) is 32.1 Å². The van der Waals surface area contributed by atoms with E-state index in [9.17, 15) is 14.4 Å². The Morgan fingerprint density at radius 1 is 0.284 bits per heavy atom. The van der Waals surface area contributed by atoms with Crippen LogP contribution in [0.15, 0.2) is 158 Å². The topological polar surface area (TPSA) is 78.9 Å². The van der Waals surface area contributed by atoms with Crippen LogP contribution in [0.4, 0.5) is 0 Å². The lowest BCUT2D eigenvalue weighted by Crippen LogP contribution is -2.30. The Bertz CT molecular complexity index is 1690. The standard InChI is InChI=1S/C68H106O6/c1-4-7-10-13-16-19-22-25-27-29-31-32-33-34-35-36-38-39-41-43-46-49-52-55-58-61-67(70)73-64-65(63-72-66(69)60-57-54-51-48-45-24-21-18-15-12-9-6-3)74-68(71)62-59-56-53-50-47-44-42-40-37-30-28-26-23-20-17-14-11-8-5-2/h7-8,10-11,16-21,25-28,31-32,34-35,37-40,43-44,46-47,65H,4-6,9,12-15,22-24,29-30,33,36,41-42,45,48-64H2,1-3H3/b10-7-,11-8-,19-16-,20-17-,21-18-,27-25-,28-26-,32-31-,35-34-,39-38-,40-37-,46-43-,47-44-. The first kappa shape index (κ1) is 69.0. The Balaban J connectivity index is 4.51. The van der Waals surface area contributed by atoms with Crippen molar-refractivity contribution in [2.24, 2.45) is 0 Å². The van der Waals surface area contributed by atoms with Crippen LogP contribution < -0.4 is 0 Å². The van der Waals surface area contributed by atoms with Gasteiger partial charge in [-0.2, -0.15) is 0 Å². The maximum atomic E-state index is 12.9. The highest BCUT2D eigenvalue weighted by Crippen LogP contribution is 2.12. The molecule has 0 aromatic carbocycles. The van der Waals surface area contributed by atoms with Crippen LogP contribution in [-0.2, 0) is 28.6 Å². The summed E-state index contributed by atoms with van der Waals surface area (Å²) in [4.78, 5) is 38.2. The SMILES string of the molecule is CC/C=C\C/C=C\C/C=C\C/C=C\C/C=C\C/C=C\C/C=C\CCCCCC(=O)OCC(COC(=O)CCCCCCC/C=C\CCCCC)OC(=O)CCCCC/C=C\C/C=C\C/C=C\C/C=C\C/C=C\CC. The maximum absolute atomic E-state index is 12.9. The molecule has 0 aromatic rings. The molecule has 6 nitrogen and oxygen atoms in total. The minimum absolute atomic E-state index is 0.114. The first-order valence-corrected chi connectivity index (χ1v) is 29.5. The summed E-state index contributed by atoms with van der Waals surface area (Å²) in [5.41, 5.74) is 0. The number of unbranched alkanes of at least 4 members (excludes halogenated alkanes) is 14. The molecule has 0 radical (unpaired) electrons. The number of rotatable bonds is 51. The molecule has 0 fully saturated rings. The molecule has 414 valence electrons. The van der Waals surface area contributed by atoms with E-state index in [-0.39, 0.29) is 37.5 Å². The van der Waals surface area contributed by atoms with Crippen LogP contribution in [0.1, 0.15) is 233 Å². The third kappa shape index (κ3) is 57.9. The van der Waals surface area contributed by atoms with Crippen LogP contribution in [0.2, 0.25) is 0 Å². The molecular weight excluding hydrogens is 913 g/mol. The highest BCUT2D eigenvalue weighted by Gasteiger charge is 2.19. The van der Waals surface area contributed by atoms with Gasteiger partial charge in [-0.3, -0.25) is 14.4 Å². The van der Waals surface area contributed by atoms with Crippen LogP contribution in [0.5, 0.6) is 0 Å². The Morgan fingerprint density at radius 2 is 0.527 bits per heavy atom. The van der Waals surface area contributed by atoms with Gasteiger partial charge in [0.25, 0.3) is 0 Å². The molecule has 0 aromatic heterocycles. The van der Waals surface area contributed by atoms with Crippen LogP contribution >= 0.6 is 0 Å². The molecule has 0 saturated heterocycles. The van der Waals surface area contributed by atoms with Crippen LogP contribution in [0.25, 0.3) is 0 Å². The van der Waals surface area contributed by atoms with Crippen molar-refractivity contribution in [1.82, 2.24) is 0 Å². The van der Waals surface area contributed by atoms with Crippen molar-refractivity contribution in [2.75, 3.05) is 13.2 Å². The van der Waals surface area contributed by atoms with E-state index in [0.29, 0.717) is 19.3 Å². The molecule has 1 unspecified atom stereocenters. The smallest absolute Gasteiger partial charge is 0.306 e.